The van der Waals surface area contributed by atoms with Gasteiger partial charge in [0.2, 0.25) is 0 Å². The molecule has 20 heavy (non-hydrogen) atoms. The molecule has 0 fully saturated rings. The summed E-state index contributed by atoms with van der Waals surface area (Å²) in [6.45, 7) is 0. The van der Waals surface area contributed by atoms with Crippen LogP contribution in [0, 0.1) is 11.3 Å². The van der Waals surface area contributed by atoms with Crippen LogP contribution in [0.1, 0.15) is 15.9 Å². The third-order valence-electron chi connectivity index (χ3n) is 2.64. The predicted octanol–water partition coefficient (Wildman–Crippen LogP) is 1.25. The standard InChI is InChI=1S/C13H11N5O2/c14-6-8-1-3-10(4-2-8)18(16)12-11(15)5-9(7-17-12)13(19)20/h1-5,7H,15-16H2,(H,19,20). The van der Waals surface area contributed by atoms with Crippen LogP contribution in [0.4, 0.5) is 17.2 Å². The summed E-state index contributed by atoms with van der Waals surface area (Å²) >= 11 is 0. The highest BCUT2D eigenvalue weighted by molar-refractivity contribution is 5.89. The van der Waals surface area contributed by atoms with Gasteiger partial charge in [0.15, 0.2) is 5.82 Å². The van der Waals surface area contributed by atoms with E-state index in [1.54, 1.807) is 24.3 Å². The molecule has 7 nitrogen and oxygen atoms in total. The molecule has 0 aliphatic carbocycles. The van der Waals surface area contributed by atoms with Crippen molar-refractivity contribution in [3.05, 3.63) is 47.7 Å². The van der Waals surface area contributed by atoms with Gasteiger partial charge in [0.1, 0.15) is 0 Å². The van der Waals surface area contributed by atoms with Gasteiger partial charge in [-0.25, -0.2) is 15.6 Å². The number of nitriles is 1. The van der Waals surface area contributed by atoms with Gasteiger partial charge in [-0.3, -0.25) is 5.01 Å². The molecule has 0 amide bonds. The highest BCUT2D eigenvalue weighted by atomic mass is 16.4. The molecule has 7 heteroatoms. The van der Waals surface area contributed by atoms with Crippen LogP contribution in [0.25, 0.3) is 0 Å². The molecule has 100 valence electrons. The highest BCUT2D eigenvalue weighted by Crippen LogP contribution is 2.25. The zero-order valence-corrected chi connectivity index (χ0v) is 10.3. The Kier molecular flexibility index (Phi) is 3.50. The van der Waals surface area contributed by atoms with Crippen LogP contribution in [0.3, 0.4) is 0 Å². The third kappa shape index (κ3) is 2.50. The fourth-order valence-electron chi connectivity index (χ4n) is 1.61. The minimum atomic E-state index is -1.11. The molecule has 0 aliphatic heterocycles. The number of carboxylic acids is 1. The second-order valence-electron chi connectivity index (χ2n) is 3.97. The molecule has 0 saturated carbocycles. The van der Waals surface area contributed by atoms with Crippen molar-refractivity contribution in [1.82, 2.24) is 4.98 Å². The van der Waals surface area contributed by atoms with E-state index < -0.39 is 5.97 Å². The SMILES string of the molecule is N#Cc1ccc(N(N)c2ncc(C(=O)O)cc2N)cc1. The summed E-state index contributed by atoms with van der Waals surface area (Å²) in [4.78, 5) is 14.8. The molecule has 2 rings (SSSR count). The van der Waals surface area contributed by atoms with Crippen LogP contribution in [-0.4, -0.2) is 16.1 Å². The molecule has 1 heterocycles. The number of hydrogen-bond donors (Lipinski definition) is 3. The van der Waals surface area contributed by atoms with Crippen LogP contribution < -0.4 is 16.6 Å². The Labute approximate surface area is 114 Å². The highest BCUT2D eigenvalue weighted by Gasteiger charge is 2.13. The van der Waals surface area contributed by atoms with Gasteiger partial charge in [0, 0.05) is 6.20 Å². The molecule has 0 atom stereocenters. The molecule has 1 aromatic carbocycles. The van der Waals surface area contributed by atoms with Crippen molar-refractivity contribution in [3.63, 3.8) is 0 Å². The Balaban J connectivity index is 2.35. The summed E-state index contributed by atoms with van der Waals surface area (Å²) in [5, 5.41) is 18.8. The van der Waals surface area contributed by atoms with Gasteiger partial charge in [0.25, 0.3) is 0 Å². The Morgan fingerprint density at radius 2 is 2.00 bits per heavy atom. The third-order valence-corrected chi connectivity index (χ3v) is 2.64. The first-order valence-electron chi connectivity index (χ1n) is 5.56. The smallest absolute Gasteiger partial charge is 0.337 e. The van der Waals surface area contributed by atoms with E-state index >= 15 is 0 Å². The first-order chi connectivity index (χ1) is 9.52. The van der Waals surface area contributed by atoms with Gasteiger partial charge >= 0.3 is 5.97 Å². The average Bonchev–Trinajstić information content (AvgIpc) is 2.46. The number of benzene rings is 1. The number of pyridine rings is 1. The summed E-state index contributed by atoms with van der Waals surface area (Å²) in [6.07, 6.45) is 1.18. The molecule has 0 bridgehead atoms. The van der Waals surface area contributed by atoms with Crippen LogP contribution in [0.15, 0.2) is 36.5 Å². The number of anilines is 3. The first-order valence-corrected chi connectivity index (χ1v) is 5.56. The number of carbonyl (C=O) groups is 1. The largest absolute Gasteiger partial charge is 0.478 e. The van der Waals surface area contributed by atoms with Crippen LogP contribution in [0.5, 0.6) is 0 Å². The van der Waals surface area contributed by atoms with E-state index in [1.807, 2.05) is 6.07 Å². The number of rotatable bonds is 3. The first kappa shape index (κ1) is 13.3. The second kappa shape index (κ2) is 5.26. The van der Waals surface area contributed by atoms with Crippen LogP contribution in [0.2, 0.25) is 0 Å². The number of nitrogen functional groups attached to an aromatic ring is 1. The molecule has 1 aromatic heterocycles. The lowest BCUT2D eigenvalue weighted by molar-refractivity contribution is 0.0696. The summed E-state index contributed by atoms with van der Waals surface area (Å²) in [7, 11) is 0. The zero-order chi connectivity index (χ0) is 14.7. The number of nitrogens with two attached hydrogens (primary N) is 2. The fourth-order valence-corrected chi connectivity index (χ4v) is 1.61. The Hall–Kier alpha value is -3.11. The molecule has 0 saturated heterocycles. The van der Waals surface area contributed by atoms with E-state index in [1.165, 1.54) is 17.3 Å². The molecular formula is C13H11N5O2. The van der Waals surface area contributed by atoms with Crippen molar-refractivity contribution in [2.45, 2.75) is 0 Å². The minimum Gasteiger partial charge on any atom is -0.478 e. The number of aromatic nitrogens is 1. The maximum absolute atomic E-state index is 10.8. The van der Waals surface area contributed by atoms with Gasteiger partial charge in [-0.15, -0.1) is 0 Å². The zero-order valence-electron chi connectivity index (χ0n) is 10.3. The Morgan fingerprint density at radius 1 is 1.35 bits per heavy atom. The van der Waals surface area contributed by atoms with Gasteiger partial charge in [0.05, 0.1) is 28.6 Å². The topological polar surface area (TPSA) is 129 Å². The van der Waals surface area contributed by atoms with Crippen molar-refractivity contribution in [3.8, 4) is 6.07 Å². The average molecular weight is 269 g/mol. The van der Waals surface area contributed by atoms with E-state index in [9.17, 15) is 4.79 Å². The monoisotopic (exact) mass is 269 g/mol. The Morgan fingerprint density at radius 3 is 2.50 bits per heavy atom. The fraction of sp³-hybridized carbons (Fsp3) is 0. The van der Waals surface area contributed by atoms with Gasteiger partial charge < -0.3 is 10.8 Å². The van der Waals surface area contributed by atoms with E-state index in [-0.39, 0.29) is 17.1 Å². The van der Waals surface area contributed by atoms with Gasteiger partial charge in [-0.05, 0) is 30.3 Å². The summed E-state index contributed by atoms with van der Waals surface area (Å²) in [5.74, 6) is 5.02. The van der Waals surface area contributed by atoms with Crippen LogP contribution >= 0.6 is 0 Å². The number of aromatic carboxylic acids is 1. The number of hydrazine groups is 1. The molecular weight excluding hydrogens is 258 g/mol. The molecule has 0 radical (unpaired) electrons. The second-order valence-corrected chi connectivity index (χ2v) is 3.97. The summed E-state index contributed by atoms with van der Waals surface area (Å²) in [5.41, 5.74) is 6.97. The van der Waals surface area contributed by atoms with E-state index in [4.69, 9.17) is 21.9 Å². The molecule has 0 unspecified atom stereocenters. The summed E-state index contributed by atoms with van der Waals surface area (Å²) in [6, 6.07) is 9.79. The molecule has 0 spiro atoms. The normalized spacial score (nSPS) is 9.80. The van der Waals surface area contributed by atoms with Crippen LogP contribution in [-0.2, 0) is 0 Å². The number of hydrogen-bond acceptors (Lipinski definition) is 6. The number of carboxylic acid groups (broad SMARTS) is 1. The lowest BCUT2D eigenvalue weighted by Crippen LogP contribution is -2.27. The van der Waals surface area contributed by atoms with Crippen molar-refractivity contribution in [2.24, 2.45) is 5.84 Å². The van der Waals surface area contributed by atoms with Gasteiger partial charge in [-0.1, -0.05) is 0 Å². The quantitative estimate of drug-likeness (QED) is 0.564. The molecule has 2 aromatic rings. The van der Waals surface area contributed by atoms with Crippen molar-refractivity contribution >= 4 is 23.2 Å². The molecule has 5 N–H and O–H groups in total. The predicted molar refractivity (Wildman–Crippen MR) is 73.1 cm³/mol. The van der Waals surface area contributed by atoms with E-state index in [0.717, 1.165) is 0 Å². The maximum Gasteiger partial charge on any atom is 0.337 e. The maximum atomic E-state index is 10.8. The summed E-state index contributed by atoms with van der Waals surface area (Å²) < 4.78 is 0. The van der Waals surface area contributed by atoms with Gasteiger partial charge in [-0.2, -0.15) is 5.26 Å². The Bertz CT molecular complexity index is 691. The lowest BCUT2D eigenvalue weighted by atomic mass is 10.2. The van der Waals surface area contributed by atoms with E-state index in [2.05, 4.69) is 4.98 Å². The molecule has 0 aliphatic rings. The lowest BCUT2D eigenvalue weighted by Gasteiger charge is -2.19. The van der Waals surface area contributed by atoms with E-state index in [0.29, 0.717) is 11.3 Å². The van der Waals surface area contributed by atoms with Crippen molar-refractivity contribution < 1.29 is 9.90 Å². The number of nitrogens with zero attached hydrogens (tertiary/aromatic N) is 3. The van der Waals surface area contributed by atoms with Crippen molar-refractivity contribution in [2.75, 3.05) is 10.7 Å². The van der Waals surface area contributed by atoms with Crippen molar-refractivity contribution in [1.29, 1.82) is 5.26 Å². The minimum absolute atomic E-state index is 0.0144.